The van der Waals surface area contributed by atoms with Crippen LogP contribution in [0.2, 0.25) is 0 Å². The summed E-state index contributed by atoms with van der Waals surface area (Å²) in [6, 6.07) is 1.57. The smallest absolute Gasteiger partial charge is 0.0521 e. The van der Waals surface area contributed by atoms with Gasteiger partial charge in [0.05, 0.1) is 6.61 Å². The Morgan fingerprint density at radius 3 is 2.94 bits per heavy atom. The first-order valence-corrected chi connectivity index (χ1v) is 7.87. The molecular formula is C15H28N2O. The van der Waals surface area contributed by atoms with Crippen LogP contribution >= 0.6 is 0 Å². The summed E-state index contributed by atoms with van der Waals surface area (Å²) in [5.41, 5.74) is 0. The summed E-state index contributed by atoms with van der Waals surface area (Å²) in [5, 5.41) is 3.50. The highest BCUT2D eigenvalue weighted by Gasteiger charge is 2.37. The van der Waals surface area contributed by atoms with Crippen LogP contribution in [0.4, 0.5) is 0 Å². The molecule has 3 aliphatic rings. The van der Waals surface area contributed by atoms with Gasteiger partial charge < -0.3 is 10.1 Å². The number of nitrogens with one attached hydrogen (secondary N) is 1. The Labute approximate surface area is 111 Å². The van der Waals surface area contributed by atoms with Crippen molar-refractivity contribution < 1.29 is 4.74 Å². The molecule has 1 aliphatic carbocycles. The molecule has 0 bridgehead atoms. The quantitative estimate of drug-likeness (QED) is 0.830. The summed E-state index contributed by atoms with van der Waals surface area (Å²) in [7, 11) is 2.11. The molecule has 1 N–H and O–H groups in total. The predicted octanol–water partition coefficient (Wildman–Crippen LogP) is 1.88. The van der Waals surface area contributed by atoms with Crippen LogP contribution in [0.5, 0.6) is 0 Å². The number of fused-ring (bicyclic) bond motifs is 1. The maximum atomic E-state index is 5.70. The summed E-state index contributed by atoms with van der Waals surface area (Å²) in [4.78, 5) is 2.80. The van der Waals surface area contributed by atoms with Gasteiger partial charge in [-0.05, 0) is 51.6 Å². The number of nitrogens with zero attached hydrogens (tertiary/aromatic N) is 1. The number of rotatable bonds is 3. The largest absolute Gasteiger partial charge is 0.381 e. The normalized spacial score (nSPS) is 41.8. The van der Waals surface area contributed by atoms with Crippen molar-refractivity contribution >= 4 is 0 Å². The molecule has 0 aromatic heterocycles. The summed E-state index contributed by atoms with van der Waals surface area (Å²) in [6.07, 6.45) is 8.47. The fraction of sp³-hybridized carbons (Fsp3) is 1.00. The zero-order valence-electron chi connectivity index (χ0n) is 11.7. The van der Waals surface area contributed by atoms with E-state index in [0.717, 1.165) is 25.2 Å². The van der Waals surface area contributed by atoms with E-state index < -0.39 is 0 Å². The Hall–Kier alpha value is -0.120. The van der Waals surface area contributed by atoms with Crippen molar-refractivity contribution in [1.29, 1.82) is 0 Å². The summed E-state index contributed by atoms with van der Waals surface area (Å²) in [5.74, 6) is 1.71. The second kappa shape index (κ2) is 5.89. The molecule has 0 amide bonds. The second-order valence-electron chi connectivity index (χ2n) is 6.41. The van der Waals surface area contributed by atoms with Crippen LogP contribution in [0.1, 0.15) is 38.5 Å². The number of piperidine rings is 1. The second-order valence-corrected chi connectivity index (χ2v) is 6.41. The van der Waals surface area contributed by atoms with Crippen LogP contribution in [-0.4, -0.2) is 50.3 Å². The van der Waals surface area contributed by atoms with E-state index >= 15 is 0 Å². The molecule has 4 atom stereocenters. The van der Waals surface area contributed by atoms with Gasteiger partial charge in [-0.15, -0.1) is 0 Å². The van der Waals surface area contributed by atoms with Crippen molar-refractivity contribution in [2.75, 3.05) is 33.4 Å². The molecule has 3 fully saturated rings. The molecule has 4 unspecified atom stereocenters. The lowest BCUT2D eigenvalue weighted by Gasteiger charge is -2.42. The van der Waals surface area contributed by atoms with Gasteiger partial charge >= 0.3 is 0 Å². The third kappa shape index (κ3) is 2.59. The van der Waals surface area contributed by atoms with Crippen LogP contribution in [0, 0.1) is 11.8 Å². The highest BCUT2D eigenvalue weighted by atomic mass is 16.5. The molecule has 18 heavy (non-hydrogen) atoms. The molecule has 3 nitrogen and oxygen atoms in total. The van der Waals surface area contributed by atoms with E-state index in [4.69, 9.17) is 4.74 Å². The maximum absolute atomic E-state index is 5.70. The number of likely N-dealkylation sites (tertiary alicyclic amines) is 1. The lowest BCUT2D eigenvalue weighted by molar-refractivity contribution is 0.00125. The third-order valence-electron chi connectivity index (χ3n) is 5.42. The minimum atomic E-state index is 0.667. The Kier molecular flexibility index (Phi) is 4.22. The van der Waals surface area contributed by atoms with Gasteiger partial charge in [-0.1, -0.05) is 6.42 Å². The molecule has 2 heterocycles. The van der Waals surface area contributed by atoms with E-state index in [2.05, 4.69) is 17.3 Å². The SMILES string of the molecule is CNC1CCOCC1CN1CCCC2CCCC21. The van der Waals surface area contributed by atoms with Gasteiger partial charge in [-0.3, -0.25) is 4.90 Å². The van der Waals surface area contributed by atoms with Crippen LogP contribution in [-0.2, 0) is 4.74 Å². The molecule has 0 aromatic rings. The standard InChI is InChI=1S/C15H28N2O/c1-16-14-7-9-18-11-13(14)10-17-8-3-5-12-4-2-6-15(12)17/h12-16H,2-11H2,1H3. The average Bonchev–Trinajstić information content (AvgIpc) is 2.89. The van der Waals surface area contributed by atoms with Gasteiger partial charge in [0.1, 0.15) is 0 Å². The Balaban J connectivity index is 1.60. The van der Waals surface area contributed by atoms with Crippen molar-refractivity contribution in [1.82, 2.24) is 10.2 Å². The first-order valence-electron chi connectivity index (χ1n) is 7.87. The number of ether oxygens (including phenoxy) is 1. The van der Waals surface area contributed by atoms with Crippen LogP contribution < -0.4 is 5.32 Å². The average molecular weight is 252 g/mol. The summed E-state index contributed by atoms with van der Waals surface area (Å²) in [6.45, 7) is 4.48. The lowest BCUT2D eigenvalue weighted by atomic mass is 9.89. The van der Waals surface area contributed by atoms with Gasteiger partial charge in [-0.2, -0.15) is 0 Å². The predicted molar refractivity (Wildman–Crippen MR) is 73.7 cm³/mol. The van der Waals surface area contributed by atoms with E-state index in [1.165, 1.54) is 51.6 Å². The number of hydrogen-bond acceptors (Lipinski definition) is 3. The fourth-order valence-corrected chi connectivity index (χ4v) is 4.44. The monoisotopic (exact) mass is 252 g/mol. The van der Waals surface area contributed by atoms with Gasteiger partial charge in [0, 0.05) is 31.2 Å². The van der Waals surface area contributed by atoms with Crippen molar-refractivity contribution in [3.8, 4) is 0 Å². The molecule has 3 rings (SSSR count). The van der Waals surface area contributed by atoms with Crippen molar-refractivity contribution in [3.05, 3.63) is 0 Å². The van der Waals surface area contributed by atoms with E-state index in [9.17, 15) is 0 Å². The first-order chi connectivity index (χ1) is 8.88. The van der Waals surface area contributed by atoms with E-state index in [0.29, 0.717) is 12.0 Å². The molecular weight excluding hydrogens is 224 g/mol. The Morgan fingerprint density at radius 2 is 2.06 bits per heavy atom. The Bertz CT molecular complexity index is 271. The third-order valence-corrected chi connectivity index (χ3v) is 5.42. The van der Waals surface area contributed by atoms with Gasteiger partial charge in [0.2, 0.25) is 0 Å². The molecule has 0 aromatic carbocycles. The van der Waals surface area contributed by atoms with Crippen LogP contribution in [0.3, 0.4) is 0 Å². The minimum absolute atomic E-state index is 0.667. The van der Waals surface area contributed by atoms with Crippen molar-refractivity contribution in [3.63, 3.8) is 0 Å². The molecule has 3 heteroatoms. The maximum Gasteiger partial charge on any atom is 0.0521 e. The fourth-order valence-electron chi connectivity index (χ4n) is 4.44. The van der Waals surface area contributed by atoms with E-state index in [1.54, 1.807) is 0 Å². The van der Waals surface area contributed by atoms with Crippen LogP contribution in [0.15, 0.2) is 0 Å². The molecule has 2 aliphatic heterocycles. The van der Waals surface area contributed by atoms with Gasteiger partial charge in [0.25, 0.3) is 0 Å². The minimum Gasteiger partial charge on any atom is -0.381 e. The van der Waals surface area contributed by atoms with Crippen molar-refractivity contribution in [2.45, 2.75) is 50.6 Å². The molecule has 1 saturated carbocycles. The van der Waals surface area contributed by atoms with Crippen molar-refractivity contribution in [2.24, 2.45) is 11.8 Å². The highest BCUT2D eigenvalue weighted by Crippen LogP contribution is 2.37. The lowest BCUT2D eigenvalue weighted by Crippen LogP contribution is -2.51. The summed E-state index contributed by atoms with van der Waals surface area (Å²) >= 11 is 0. The topological polar surface area (TPSA) is 24.5 Å². The van der Waals surface area contributed by atoms with Crippen LogP contribution in [0.25, 0.3) is 0 Å². The Morgan fingerprint density at radius 1 is 1.17 bits per heavy atom. The number of hydrogen-bond donors (Lipinski definition) is 1. The highest BCUT2D eigenvalue weighted by molar-refractivity contribution is 4.91. The molecule has 104 valence electrons. The van der Waals surface area contributed by atoms with E-state index in [1.807, 2.05) is 0 Å². The molecule has 2 saturated heterocycles. The molecule has 0 spiro atoms. The summed E-state index contributed by atoms with van der Waals surface area (Å²) < 4.78 is 5.70. The van der Waals surface area contributed by atoms with Gasteiger partial charge in [0.15, 0.2) is 0 Å². The van der Waals surface area contributed by atoms with Gasteiger partial charge in [-0.25, -0.2) is 0 Å². The molecule has 0 radical (unpaired) electrons. The zero-order valence-corrected chi connectivity index (χ0v) is 11.7. The van der Waals surface area contributed by atoms with E-state index in [-0.39, 0.29) is 0 Å². The first kappa shape index (κ1) is 12.9. The zero-order chi connectivity index (χ0) is 12.4.